The van der Waals surface area contributed by atoms with Crippen molar-refractivity contribution < 1.29 is 19.4 Å². The van der Waals surface area contributed by atoms with Crippen LogP contribution in [0.5, 0.6) is 5.75 Å². The first-order chi connectivity index (χ1) is 13.1. The number of methoxy groups -OCH3 is 1. The molecule has 0 spiro atoms. The van der Waals surface area contributed by atoms with E-state index in [4.69, 9.17) is 9.84 Å². The minimum absolute atomic E-state index is 0.0920. The molecule has 1 amide bonds. The molecule has 0 aliphatic rings. The molecule has 0 radical (unpaired) electrons. The quantitative estimate of drug-likeness (QED) is 0.689. The van der Waals surface area contributed by atoms with Gasteiger partial charge in [0.2, 0.25) is 0 Å². The molecule has 0 atom stereocenters. The van der Waals surface area contributed by atoms with Gasteiger partial charge in [-0.2, -0.15) is 0 Å². The third-order valence-electron chi connectivity index (χ3n) is 4.20. The van der Waals surface area contributed by atoms with Crippen molar-refractivity contribution in [2.24, 2.45) is 0 Å². The lowest BCUT2D eigenvalue weighted by Crippen LogP contribution is -2.15. The van der Waals surface area contributed by atoms with E-state index in [9.17, 15) is 9.59 Å². The zero-order valence-corrected chi connectivity index (χ0v) is 14.8. The molecule has 0 heterocycles. The number of benzene rings is 3. The van der Waals surface area contributed by atoms with Crippen molar-refractivity contribution in [3.8, 4) is 5.75 Å². The van der Waals surface area contributed by atoms with Crippen molar-refractivity contribution in [3.63, 3.8) is 0 Å². The normalized spacial score (nSPS) is 10.3. The van der Waals surface area contributed by atoms with E-state index in [2.05, 4.69) is 5.32 Å². The van der Waals surface area contributed by atoms with Crippen molar-refractivity contribution in [2.75, 3.05) is 12.4 Å². The number of hydrogen-bond donors (Lipinski definition) is 2. The predicted molar refractivity (Wildman–Crippen MR) is 104 cm³/mol. The number of carbonyl (C=O) groups is 2. The molecule has 0 aliphatic carbocycles. The van der Waals surface area contributed by atoms with Gasteiger partial charge in [-0.1, -0.05) is 48.5 Å². The number of hydrogen-bond acceptors (Lipinski definition) is 3. The summed E-state index contributed by atoms with van der Waals surface area (Å²) < 4.78 is 5.22. The smallest absolute Gasteiger partial charge is 0.335 e. The third-order valence-corrected chi connectivity index (χ3v) is 4.20. The van der Waals surface area contributed by atoms with Crippen molar-refractivity contribution in [1.29, 1.82) is 0 Å². The highest BCUT2D eigenvalue weighted by Crippen LogP contribution is 2.27. The molecule has 2 N–H and O–H groups in total. The first-order valence-electron chi connectivity index (χ1n) is 8.43. The second-order valence-corrected chi connectivity index (χ2v) is 5.99. The average Bonchev–Trinajstić information content (AvgIpc) is 2.69. The Hall–Kier alpha value is -3.60. The van der Waals surface area contributed by atoms with E-state index in [-0.39, 0.29) is 11.5 Å². The fourth-order valence-electron chi connectivity index (χ4n) is 2.83. The number of nitrogens with one attached hydrogen (secondary N) is 1. The first-order valence-corrected chi connectivity index (χ1v) is 8.43. The summed E-state index contributed by atoms with van der Waals surface area (Å²) in [4.78, 5) is 23.9. The van der Waals surface area contributed by atoms with Gasteiger partial charge in [0.25, 0.3) is 5.91 Å². The summed E-state index contributed by atoms with van der Waals surface area (Å²) in [6, 6.07) is 21.7. The average molecular weight is 361 g/mol. The molecule has 3 rings (SSSR count). The molecule has 136 valence electrons. The van der Waals surface area contributed by atoms with Crippen molar-refractivity contribution in [1.82, 2.24) is 0 Å². The molecule has 5 heteroatoms. The van der Waals surface area contributed by atoms with Crippen LogP contribution in [0.3, 0.4) is 0 Å². The van der Waals surface area contributed by atoms with E-state index in [1.165, 1.54) is 25.3 Å². The largest absolute Gasteiger partial charge is 0.495 e. The van der Waals surface area contributed by atoms with E-state index in [0.717, 1.165) is 11.1 Å². The lowest BCUT2D eigenvalue weighted by Gasteiger charge is -2.13. The summed E-state index contributed by atoms with van der Waals surface area (Å²) in [6.07, 6.45) is 0.638. The minimum atomic E-state index is -1.06. The Kier molecular flexibility index (Phi) is 5.52. The topological polar surface area (TPSA) is 75.6 Å². The number of carboxylic acid groups (broad SMARTS) is 1. The molecule has 3 aromatic carbocycles. The van der Waals surface area contributed by atoms with E-state index < -0.39 is 5.97 Å². The van der Waals surface area contributed by atoms with E-state index >= 15 is 0 Å². The molecule has 3 aromatic rings. The SMILES string of the molecule is COc1cc(C(=O)O)ccc1NC(=O)c1ccccc1Cc1ccccc1. The van der Waals surface area contributed by atoms with Gasteiger partial charge in [-0.3, -0.25) is 4.79 Å². The highest BCUT2D eigenvalue weighted by Gasteiger charge is 2.15. The fraction of sp³-hybridized carbons (Fsp3) is 0.0909. The van der Waals surface area contributed by atoms with Gasteiger partial charge in [0.05, 0.1) is 18.4 Å². The number of carbonyl (C=O) groups excluding carboxylic acids is 1. The summed E-state index contributed by atoms with van der Waals surface area (Å²) in [5.41, 5.74) is 3.09. The summed E-state index contributed by atoms with van der Waals surface area (Å²) in [5, 5.41) is 11.9. The summed E-state index contributed by atoms with van der Waals surface area (Å²) in [7, 11) is 1.43. The Labute approximate surface area is 157 Å². The number of amides is 1. The van der Waals surface area contributed by atoms with Gasteiger partial charge in [-0.05, 0) is 41.8 Å². The summed E-state index contributed by atoms with van der Waals surface area (Å²) >= 11 is 0. The zero-order chi connectivity index (χ0) is 19.2. The van der Waals surface area contributed by atoms with Crippen LogP contribution < -0.4 is 10.1 Å². The third kappa shape index (κ3) is 4.33. The standard InChI is InChI=1S/C22H19NO4/c1-27-20-14-17(22(25)26)11-12-19(20)23-21(24)18-10-6-5-9-16(18)13-15-7-3-2-4-8-15/h2-12,14H,13H2,1H3,(H,23,24)(H,25,26). The Morgan fingerprint density at radius 2 is 1.67 bits per heavy atom. The van der Waals surface area contributed by atoms with Gasteiger partial charge in [0.1, 0.15) is 5.75 Å². The molecule has 5 nitrogen and oxygen atoms in total. The Morgan fingerprint density at radius 1 is 0.963 bits per heavy atom. The van der Waals surface area contributed by atoms with E-state index in [1.54, 1.807) is 6.07 Å². The second-order valence-electron chi connectivity index (χ2n) is 5.99. The number of anilines is 1. The van der Waals surface area contributed by atoms with Crippen LogP contribution in [-0.2, 0) is 6.42 Å². The zero-order valence-electron chi connectivity index (χ0n) is 14.8. The number of aromatic carboxylic acids is 1. The van der Waals surface area contributed by atoms with Crippen molar-refractivity contribution in [2.45, 2.75) is 6.42 Å². The monoisotopic (exact) mass is 361 g/mol. The van der Waals surface area contributed by atoms with Crippen molar-refractivity contribution >= 4 is 17.6 Å². The maximum absolute atomic E-state index is 12.8. The lowest BCUT2D eigenvalue weighted by molar-refractivity contribution is 0.0696. The molecule has 0 aliphatic heterocycles. The van der Waals surface area contributed by atoms with Gasteiger partial charge in [0, 0.05) is 5.56 Å². The molecule has 0 saturated heterocycles. The maximum atomic E-state index is 12.8. The summed E-state index contributed by atoms with van der Waals surface area (Å²) in [5.74, 6) is -1.04. The molecule has 27 heavy (non-hydrogen) atoms. The van der Waals surface area contributed by atoms with Crippen LogP contribution in [0.2, 0.25) is 0 Å². The van der Waals surface area contributed by atoms with Gasteiger partial charge in [-0.25, -0.2) is 4.79 Å². The van der Waals surface area contributed by atoms with Gasteiger partial charge in [0.15, 0.2) is 0 Å². The molecule has 0 unspecified atom stereocenters. The number of rotatable bonds is 6. The van der Waals surface area contributed by atoms with Crippen LogP contribution >= 0.6 is 0 Å². The van der Waals surface area contributed by atoms with Crippen molar-refractivity contribution in [3.05, 3.63) is 95.1 Å². The predicted octanol–water partition coefficient (Wildman–Crippen LogP) is 4.24. The van der Waals surface area contributed by atoms with E-state index in [0.29, 0.717) is 23.4 Å². The molecule has 0 fully saturated rings. The second kappa shape index (κ2) is 8.19. The Bertz CT molecular complexity index is 967. The number of ether oxygens (including phenoxy) is 1. The maximum Gasteiger partial charge on any atom is 0.335 e. The fourth-order valence-corrected chi connectivity index (χ4v) is 2.83. The highest BCUT2D eigenvalue weighted by atomic mass is 16.5. The molecule has 0 aromatic heterocycles. The molecular formula is C22H19NO4. The van der Waals surface area contributed by atoms with Crippen LogP contribution in [0.4, 0.5) is 5.69 Å². The lowest BCUT2D eigenvalue weighted by atomic mass is 9.99. The van der Waals surface area contributed by atoms with E-state index in [1.807, 2.05) is 48.5 Å². The number of carboxylic acids is 1. The first kappa shape index (κ1) is 18.2. The van der Waals surface area contributed by atoms with Gasteiger partial charge >= 0.3 is 5.97 Å². The highest BCUT2D eigenvalue weighted by molar-refractivity contribution is 6.06. The summed E-state index contributed by atoms with van der Waals surface area (Å²) in [6.45, 7) is 0. The molecule has 0 bridgehead atoms. The molecular weight excluding hydrogens is 342 g/mol. The Balaban J connectivity index is 1.86. The van der Waals surface area contributed by atoms with Gasteiger partial charge < -0.3 is 15.2 Å². The Morgan fingerprint density at radius 3 is 2.37 bits per heavy atom. The molecule has 0 saturated carbocycles. The van der Waals surface area contributed by atoms with Crippen LogP contribution in [0, 0.1) is 0 Å². The van der Waals surface area contributed by atoms with Crippen LogP contribution in [0.15, 0.2) is 72.8 Å². The minimum Gasteiger partial charge on any atom is -0.495 e. The van der Waals surface area contributed by atoms with Crippen LogP contribution in [-0.4, -0.2) is 24.1 Å². The van der Waals surface area contributed by atoms with Gasteiger partial charge in [-0.15, -0.1) is 0 Å². The van der Waals surface area contributed by atoms with Crippen LogP contribution in [0.25, 0.3) is 0 Å². The van der Waals surface area contributed by atoms with Crippen LogP contribution in [0.1, 0.15) is 31.8 Å².